The number of hydrogen-bond donors (Lipinski definition) is 1. The third-order valence-corrected chi connectivity index (χ3v) is 2.50. The average Bonchev–Trinajstić information content (AvgIpc) is 2.26. The molecule has 0 unspecified atom stereocenters. The Morgan fingerprint density at radius 2 is 2.50 bits per heavy atom. The second-order valence-electron chi connectivity index (χ2n) is 2.94. The molecule has 0 aliphatic carbocycles. The van der Waals surface area contributed by atoms with Crippen LogP contribution >= 0.6 is 23.2 Å². The van der Waals surface area contributed by atoms with Crippen molar-refractivity contribution in [3.8, 4) is 0 Å². The molecule has 1 aromatic rings. The lowest BCUT2D eigenvalue weighted by atomic mass is 10.1. The Morgan fingerprint density at radius 1 is 1.71 bits per heavy atom. The van der Waals surface area contributed by atoms with Gasteiger partial charge in [0, 0.05) is 35.5 Å². The Labute approximate surface area is 93.9 Å². The first kappa shape index (κ1) is 11.5. The predicted molar refractivity (Wildman–Crippen MR) is 60.4 cm³/mol. The Kier molecular flexibility index (Phi) is 4.94. The molecule has 14 heavy (non-hydrogen) atoms. The zero-order chi connectivity index (χ0) is 10.4. The third-order valence-electron chi connectivity index (χ3n) is 1.88. The molecule has 1 rings (SSSR count). The topological polar surface area (TPSA) is 24.9 Å². The largest absolute Gasteiger partial charge is 0.305 e. The summed E-state index contributed by atoms with van der Waals surface area (Å²) in [4.78, 5) is 4.04. The van der Waals surface area contributed by atoms with E-state index in [1.165, 1.54) is 5.54 Å². The average molecular weight is 231 g/mol. The van der Waals surface area contributed by atoms with Crippen molar-refractivity contribution in [3.63, 3.8) is 0 Å². The molecule has 0 aliphatic rings. The van der Waals surface area contributed by atoms with Crippen LogP contribution in [0.25, 0.3) is 0 Å². The van der Waals surface area contributed by atoms with Crippen LogP contribution in [0.5, 0.6) is 0 Å². The van der Waals surface area contributed by atoms with E-state index >= 15 is 0 Å². The fourth-order valence-corrected chi connectivity index (χ4v) is 1.19. The number of nitrogens with zero attached hydrogens (tertiary/aromatic N) is 1. The molecule has 4 heteroatoms. The van der Waals surface area contributed by atoms with Crippen LogP contribution in [0.1, 0.15) is 18.5 Å². The van der Waals surface area contributed by atoms with Crippen LogP contribution in [-0.2, 0) is 0 Å². The van der Waals surface area contributed by atoms with Crippen molar-refractivity contribution in [1.29, 1.82) is 0 Å². The Balaban J connectivity index is 2.47. The Hall–Kier alpha value is -0.570. The van der Waals surface area contributed by atoms with Crippen LogP contribution < -0.4 is 5.32 Å². The molecule has 0 spiro atoms. The second kappa shape index (κ2) is 6.02. The lowest BCUT2D eigenvalue weighted by Gasteiger charge is -2.12. The van der Waals surface area contributed by atoms with Crippen molar-refractivity contribution in [2.24, 2.45) is 0 Å². The first-order valence-electron chi connectivity index (χ1n) is 4.32. The lowest BCUT2D eigenvalue weighted by Crippen LogP contribution is -2.19. The quantitative estimate of drug-likeness (QED) is 0.861. The third kappa shape index (κ3) is 3.66. The number of nitrogens with one attached hydrogen (secondary N) is 1. The van der Waals surface area contributed by atoms with Gasteiger partial charge in [-0.25, -0.2) is 0 Å². The fourth-order valence-electron chi connectivity index (χ4n) is 1.04. The maximum absolute atomic E-state index is 5.75. The zero-order valence-electron chi connectivity index (χ0n) is 7.87. The molecule has 0 saturated carbocycles. The highest BCUT2D eigenvalue weighted by Crippen LogP contribution is 2.11. The van der Waals surface area contributed by atoms with Crippen molar-refractivity contribution in [1.82, 2.24) is 10.3 Å². The highest BCUT2D eigenvalue weighted by atomic mass is 35.5. The summed E-state index contributed by atoms with van der Waals surface area (Å²) >= 11 is 11.2. The van der Waals surface area contributed by atoms with Gasteiger partial charge in [-0.2, -0.15) is 0 Å². The van der Waals surface area contributed by atoms with E-state index in [9.17, 15) is 0 Å². The number of rotatable bonds is 4. The minimum Gasteiger partial charge on any atom is -0.305 e. The second-order valence-corrected chi connectivity index (χ2v) is 3.65. The van der Waals surface area contributed by atoms with Crippen molar-refractivity contribution in [2.45, 2.75) is 13.0 Å². The standard InChI is InChI=1S/C10H12Cl2N2/c1-8(14-7-10(12)5-11)9-3-2-4-13-6-9/h2-6,8,14H,7H2,1H3/b10-5-/t8-/m0/s1. The normalized spacial score (nSPS) is 14.1. The van der Waals surface area contributed by atoms with Crippen LogP contribution in [0.15, 0.2) is 35.1 Å². The monoisotopic (exact) mass is 230 g/mol. The molecule has 0 radical (unpaired) electrons. The first-order chi connectivity index (χ1) is 6.74. The van der Waals surface area contributed by atoms with Crippen molar-refractivity contribution >= 4 is 23.2 Å². The summed E-state index contributed by atoms with van der Waals surface area (Å²) in [7, 11) is 0. The van der Waals surface area contributed by atoms with E-state index in [0.717, 1.165) is 5.56 Å². The molecule has 1 N–H and O–H groups in total. The van der Waals surface area contributed by atoms with E-state index in [1.54, 1.807) is 6.20 Å². The van der Waals surface area contributed by atoms with Crippen LogP contribution in [0.4, 0.5) is 0 Å². The minimum atomic E-state index is 0.217. The molecule has 0 fully saturated rings. The van der Waals surface area contributed by atoms with E-state index in [4.69, 9.17) is 23.2 Å². The molecule has 0 aliphatic heterocycles. The smallest absolute Gasteiger partial charge is 0.0432 e. The molecule has 1 atom stereocenters. The number of halogens is 2. The van der Waals surface area contributed by atoms with Crippen molar-refractivity contribution < 1.29 is 0 Å². The molecular weight excluding hydrogens is 219 g/mol. The van der Waals surface area contributed by atoms with Crippen molar-refractivity contribution in [3.05, 3.63) is 40.7 Å². The summed E-state index contributed by atoms with van der Waals surface area (Å²) < 4.78 is 0. The molecule has 0 saturated heterocycles. The highest BCUT2D eigenvalue weighted by molar-refractivity contribution is 6.36. The van der Waals surface area contributed by atoms with Gasteiger partial charge in [0.2, 0.25) is 0 Å². The van der Waals surface area contributed by atoms with E-state index < -0.39 is 0 Å². The summed E-state index contributed by atoms with van der Waals surface area (Å²) in [5.74, 6) is 0. The summed E-state index contributed by atoms with van der Waals surface area (Å²) in [6.45, 7) is 2.62. The first-order valence-corrected chi connectivity index (χ1v) is 5.13. The molecule has 2 nitrogen and oxygen atoms in total. The van der Waals surface area contributed by atoms with Gasteiger partial charge in [0.15, 0.2) is 0 Å². The SMILES string of the molecule is C[C@H](NC/C(Cl)=C/Cl)c1cccnc1. The van der Waals surface area contributed by atoms with Gasteiger partial charge in [-0.3, -0.25) is 4.98 Å². The molecular formula is C10H12Cl2N2. The maximum atomic E-state index is 5.75. The molecule has 0 amide bonds. The van der Waals surface area contributed by atoms with Gasteiger partial charge >= 0.3 is 0 Å². The molecule has 76 valence electrons. The van der Waals surface area contributed by atoms with Gasteiger partial charge in [0.1, 0.15) is 0 Å². The highest BCUT2D eigenvalue weighted by Gasteiger charge is 2.03. The fraction of sp³-hybridized carbons (Fsp3) is 0.300. The Bertz CT molecular complexity index is 298. The van der Waals surface area contributed by atoms with Gasteiger partial charge in [-0.05, 0) is 18.6 Å². The number of hydrogen-bond acceptors (Lipinski definition) is 2. The maximum Gasteiger partial charge on any atom is 0.0432 e. The molecule has 1 heterocycles. The number of aromatic nitrogens is 1. The van der Waals surface area contributed by atoms with E-state index in [1.807, 2.05) is 18.3 Å². The van der Waals surface area contributed by atoms with Gasteiger partial charge in [0.05, 0.1) is 0 Å². The van der Waals surface area contributed by atoms with E-state index in [2.05, 4.69) is 17.2 Å². The van der Waals surface area contributed by atoms with Crippen LogP contribution in [0.2, 0.25) is 0 Å². The summed E-state index contributed by atoms with van der Waals surface area (Å²) in [6, 6.07) is 4.14. The number of pyridine rings is 1. The van der Waals surface area contributed by atoms with E-state index in [0.29, 0.717) is 11.6 Å². The Morgan fingerprint density at radius 3 is 3.07 bits per heavy atom. The lowest BCUT2D eigenvalue weighted by molar-refractivity contribution is 0.612. The summed E-state index contributed by atoms with van der Waals surface area (Å²) in [6.07, 6.45) is 3.58. The zero-order valence-corrected chi connectivity index (χ0v) is 9.39. The predicted octanol–water partition coefficient (Wildman–Crippen LogP) is 3.05. The van der Waals surface area contributed by atoms with Gasteiger partial charge < -0.3 is 5.32 Å². The molecule has 0 aromatic carbocycles. The van der Waals surface area contributed by atoms with Gasteiger partial charge in [-0.15, -0.1) is 0 Å². The minimum absolute atomic E-state index is 0.217. The summed E-state index contributed by atoms with van der Waals surface area (Å²) in [5, 5.41) is 3.82. The van der Waals surface area contributed by atoms with Crippen LogP contribution in [-0.4, -0.2) is 11.5 Å². The van der Waals surface area contributed by atoms with E-state index in [-0.39, 0.29) is 6.04 Å². The van der Waals surface area contributed by atoms with Gasteiger partial charge in [0.25, 0.3) is 0 Å². The van der Waals surface area contributed by atoms with Crippen LogP contribution in [0, 0.1) is 0 Å². The van der Waals surface area contributed by atoms with Crippen molar-refractivity contribution in [2.75, 3.05) is 6.54 Å². The molecule has 1 aromatic heterocycles. The van der Waals surface area contributed by atoms with Crippen LogP contribution in [0.3, 0.4) is 0 Å². The van der Waals surface area contributed by atoms with Gasteiger partial charge in [-0.1, -0.05) is 29.3 Å². The molecule has 0 bridgehead atoms. The summed E-state index contributed by atoms with van der Waals surface area (Å²) in [5.41, 5.74) is 2.50.